The van der Waals surface area contributed by atoms with Crippen LogP contribution in [0.25, 0.3) is 0 Å². The van der Waals surface area contributed by atoms with Gasteiger partial charge in [-0.2, -0.15) is 5.10 Å². The molecule has 21 nitrogen and oxygen atoms in total. The molecule has 0 unspecified atom stereocenters. The summed E-state index contributed by atoms with van der Waals surface area (Å²) in [5.74, 6) is -3.78. The Hall–Kier alpha value is -13.3. The third kappa shape index (κ3) is 32.8. The number of hydrogen-bond donors (Lipinski definition) is 7. The molecule has 694 valence electrons. The van der Waals surface area contributed by atoms with Crippen LogP contribution in [0.3, 0.4) is 0 Å². The van der Waals surface area contributed by atoms with Crippen molar-refractivity contribution in [1.82, 2.24) is 36.0 Å². The van der Waals surface area contributed by atoms with Crippen molar-refractivity contribution in [3.8, 4) is 34.5 Å². The predicted molar refractivity (Wildman–Crippen MR) is 447 cm³/mol. The highest BCUT2D eigenvalue weighted by molar-refractivity contribution is 9.10. The number of amides is 6. The number of anilines is 2. The second kappa shape index (κ2) is 45.1. The predicted octanol–water partition coefficient (Wildman–Crippen LogP) is 23.6. The van der Waals surface area contributed by atoms with Crippen molar-refractivity contribution in [1.29, 1.82) is 0 Å². The number of hydrogen-bond acceptors (Lipinski definition) is 15. The molecule has 11 rings (SSSR count). The molecule has 0 aliphatic rings. The van der Waals surface area contributed by atoms with Gasteiger partial charge in [0.1, 0.15) is 34.5 Å². The summed E-state index contributed by atoms with van der Waals surface area (Å²) in [5, 5.41) is 31.3. The Balaban J connectivity index is 0.000000240. The maximum absolute atomic E-state index is 13.6. The van der Waals surface area contributed by atoms with Gasteiger partial charge < -0.3 is 59.5 Å². The SMILES string of the molecule is C.C=C(O)CCCCCCNC(=O)NC(Cc1ccccc1)(c1cccc(OC(F)(F)F)c1)c1cccc(OC(F)(F)F)c1.COC(=O)CCc1csc(NC(=O)NC(Cc2ccccc2)(c2cccc(OC(F)(F)F)c2)c2cccc(OC(F)(F)F)c2)n1.Cn1cc(Br)c(NC(=O)NC(Cc2ccccc2)(c2cccc(OC(F)(F)F)c2)c2cccc(OC(F)(F)F)c2)n1. The number of esters is 1. The first-order valence-corrected chi connectivity index (χ1v) is 40.0. The fourth-order valence-electron chi connectivity index (χ4n) is 13.4. The summed E-state index contributed by atoms with van der Waals surface area (Å²) in [6.45, 7) is 3.69. The second-order valence-electron chi connectivity index (χ2n) is 28.1. The number of aliphatic hydroxyl groups excluding tert-OH is 1. The molecule has 2 aromatic heterocycles. The number of methoxy groups -OCH3 is 1. The number of carbonyl (C=O) groups excluding carboxylic acids is 4. The highest BCUT2D eigenvalue weighted by Crippen LogP contribution is 2.44. The van der Waals surface area contributed by atoms with Gasteiger partial charge in [-0.05, 0) is 152 Å². The highest BCUT2D eigenvalue weighted by atomic mass is 79.9. The van der Waals surface area contributed by atoms with Gasteiger partial charge in [0.2, 0.25) is 0 Å². The van der Waals surface area contributed by atoms with Crippen LogP contribution in [0.1, 0.15) is 102 Å². The normalized spacial score (nSPS) is 11.9. The number of benzene rings is 9. The molecule has 0 radical (unpaired) electrons. The van der Waals surface area contributed by atoms with Gasteiger partial charge in [0.25, 0.3) is 0 Å². The Kier molecular flexibility index (Phi) is 35.4. The smallest absolute Gasteiger partial charge is 0.513 e. The van der Waals surface area contributed by atoms with Crippen LogP contribution in [0.15, 0.2) is 265 Å². The van der Waals surface area contributed by atoms with Gasteiger partial charge in [-0.1, -0.05) is 191 Å². The van der Waals surface area contributed by atoms with E-state index >= 15 is 0 Å². The number of aliphatic hydroxyl groups is 1. The van der Waals surface area contributed by atoms with E-state index in [-0.39, 0.29) is 96.2 Å². The van der Waals surface area contributed by atoms with Crippen LogP contribution >= 0.6 is 27.3 Å². The largest absolute Gasteiger partial charge is 0.573 e. The molecule has 6 amide bonds. The molecule has 41 heteroatoms. The van der Waals surface area contributed by atoms with E-state index in [1.165, 1.54) is 84.6 Å². The lowest BCUT2D eigenvalue weighted by molar-refractivity contribution is -0.275. The van der Waals surface area contributed by atoms with Crippen LogP contribution in [-0.2, 0) is 58.9 Å². The number of nitrogens with zero attached hydrogens (tertiary/aromatic N) is 3. The number of nitrogens with one attached hydrogen (secondary N) is 6. The van der Waals surface area contributed by atoms with Crippen molar-refractivity contribution >= 4 is 62.3 Å². The molecule has 0 fully saturated rings. The van der Waals surface area contributed by atoms with Gasteiger partial charge in [-0.3, -0.25) is 20.1 Å². The number of unbranched alkanes of at least 4 members (excludes halogenated alkanes) is 3. The van der Waals surface area contributed by atoms with E-state index in [9.17, 15) is 103 Å². The van der Waals surface area contributed by atoms with Crippen LogP contribution in [0, 0.1) is 0 Å². The van der Waals surface area contributed by atoms with Gasteiger partial charge >= 0.3 is 62.2 Å². The minimum absolute atomic E-state index is 0. The molecule has 130 heavy (non-hydrogen) atoms. The third-order valence-corrected chi connectivity index (χ3v) is 19.9. The number of rotatable bonds is 33. The third-order valence-electron chi connectivity index (χ3n) is 18.6. The van der Waals surface area contributed by atoms with Crippen LogP contribution in [0.2, 0.25) is 0 Å². The van der Waals surface area contributed by atoms with Crippen LogP contribution in [0.5, 0.6) is 34.5 Å². The van der Waals surface area contributed by atoms with E-state index < -0.39 is 113 Å². The first-order valence-electron chi connectivity index (χ1n) is 38.3. The number of ether oxygens (including phenoxy) is 7. The number of urea groups is 3. The van der Waals surface area contributed by atoms with Crippen LogP contribution in [-0.4, -0.2) is 95.8 Å². The fraction of sp³-hybridized carbons (Fsp3) is 0.258. The molecular formula is C89H82BrF18N9O12S. The summed E-state index contributed by atoms with van der Waals surface area (Å²) >= 11 is 4.32. The summed E-state index contributed by atoms with van der Waals surface area (Å²) in [5.41, 5.74) is -2.30. The van der Waals surface area contributed by atoms with Gasteiger partial charge in [-0.25, -0.2) is 19.4 Å². The highest BCUT2D eigenvalue weighted by Gasteiger charge is 2.45. The summed E-state index contributed by atoms with van der Waals surface area (Å²) < 4.78 is 267. The van der Waals surface area contributed by atoms with Gasteiger partial charge in [0.15, 0.2) is 10.9 Å². The lowest BCUT2D eigenvalue weighted by atomic mass is 9.77. The van der Waals surface area contributed by atoms with E-state index in [0.717, 1.165) is 103 Å². The molecule has 9 aromatic carbocycles. The Morgan fingerprint density at radius 3 is 1.02 bits per heavy atom. The molecule has 0 saturated carbocycles. The molecular weight excluding hydrogens is 1840 g/mol. The Morgan fingerprint density at radius 1 is 0.423 bits per heavy atom. The Labute approximate surface area is 744 Å². The lowest BCUT2D eigenvalue weighted by Crippen LogP contribution is -2.52. The fourth-order valence-corrected chi connectivity index (χ4v) is 14.6. The number of aryl methyl sites for hydroxylation is 2. The van der Waals surface area contributed by atoms with E-state index in [1.54, 1.807) is 110 Å². The molecule has 0 bridgehead atoms. The molecule has 2 heterocycles. The summed E-state index contributed by atoms with van der Waals surface area (Å²) in [6.07, 6.45) is -25.2. The Bertz CT molecular complexity index is 5360. The summed E-state index contributed by atoms with van der Waals surface area (Å²) in [4.78, 5) is 56.1. The van der Waals surface area contributed by atoms with Crippen LogP contribution < -0.4 is 60.3 Å². The van der Waals surface area contributed by atoms with E-state index in [0.29, 0.717) is 39.7 Å². The average molecular weight is 1920 g/mol. The number of allylic oxidation sites excluding steroid dienone is 1. The van der Waals surface area contributed by atoms with Crippen molar-refractivity contribution in [2.45, 2.75) is 126 Å². The summed E-state index contributed by atoms with van der Waals surface area (Å²) in [7, 11) is 2.87. The van der Waals surface area contributed by atoms with Crippen molar-refractivity contribution in [2.75, 3.05) is 24.3 Å². The average Bonchev–Trinajstić information content (AvgIpc) is 1.20. The zero-order valence-corrected chi connectivity index (χ0v) is 69.9. The molecule has 7 N–H and O–H groups in total. The van der Waals surface area contributed by atoms with Gasteiger partial charge in [0.05, 0.1) is 46.1 Å². The topological polar surface area (TPSA) is 256 Å². The number of aromatic nitrogens is 3. The standard InChI is InChI=1S/C31H32F6N2O4.C30H25F6N3O5S.C27H21BrF6N4O3.CH4/c1-22(40)11-5-2-3-8-18-38-28(41)39-29(21-23-12-6-4-7-13-23,24-14-9-16-26(19-24)42-30(32,33)34)25-15-10-17-27(20-25)43-31(35,36)37;1-42-25(40)14-13-22-18-45-27(37-22)38-26(41)39-28(17-19-7-3-2-4-8-19,20-9-5-11-23(15-20)43-29(31,32)33)21-10-6-12-24(16-21)44-30(34,35)36;1-38-16-22(28)23(37-38)35-24(39)36-25(15-17-7-3-2-4-8-17,18-9-5-11-20(13-18)40-26(29,30)31)19-10-6-12-21(14-19)41-27(32,33)34;/h4,6-7,9-10,12-17,19-20,40H,1-3,5,8,11,18,21H2,(H2,38,39,41);2-12,15-16,18H,13-14,17H2,1H3,(H2,37,38,39,41);2-14,16H,15H2,1H3,(H2,35,36,37,39);1H4. The first-order chi connectivity index (χ1) is 60.7. The molecule has 0 saturated heterocycles. The monoisotopic (exact) mass is 1920 g/mol. The number of thiazole rings is 1. The first kappa shape index (κ1) is 102. The van der Waals surface area contributed by atoms with E-state index in [1.807, 2.05) is 0 Å². The zero-order valence-electron chi connectivity index (χ0n) is 67.5. The van der Waals surface area contributed by atoms with Crippen molar-refractivity contribution < 1.29 is 136 Å². The zero-order chi connectivity index (χ0) is 94.0. The minimum atomic E-state index is -5.04. The maximum Gasteiger partial charge on any atom is 0.573 e. The molecule has 0 aliphatic heterocycles. The van der Waals surface area contributed by atoms with Crippen LogP contribution in [0.4, 0.5) is 104 Å². The molecule has 0 atom stereocenters. The lowest BCUT2D eigenvalue weighted by Gasteiger charge is -2.37. The number of halogens is 19. The van der Waals surface area contributed by atoms with E-state index in [2.05, 4.69) is 97.7 Å². The second-order valence-corrected chi connectivity index (χ2v) is 29.9. The van der Waals surface area contributed by atoms with Gasteiger partial charge in [0, 0.05) is 57.3 Å². The molecule has 0 spiro atoms. The van der Waals surface area contributed by atoms with Crippen molar-refractivity contribution in [3.05, 3.63) is 321 Å². The van der Waals surface area contributed by atoms with Crippen molar-refractivity contribution in [2.24, 2.45) is 7.05 Å². The number of alkyl halides is 18. The quantitative estimate of drug-likeness (QED) is 0.00874. The summed E-state index contributed by atoms with van der Waals surface area (Å²) in [6, 6.07) is 52.4. The number of carbonyl (C=O) groups is 4. The van der Waals surface area contributed by atoms with E-state index in [4.69, 9.17) is 0 Å². The molecule has 0 aliphatic carbocycles. The molecule has 11 aromatic rings. The Morgan fingerprint density at radius 2 is 0.731 bits per heavy atom. The minimum Gasteiger partial charge on any atom is -0.513 e. The van der Waals surface area contributed by atoms with Crippen molar-refractivity contribution in [3.63, 3.8) is 0 Å². The van der Waals surface area contributed by atoms with Gasteiger partial charge in [-0.15, -0.1) is 90.4 Å². The maximum atomic E-state index is 13.6.